The van der Waals surface area contributed by atoms with E-state index in [-0.39, 0.29) is 24.3 Å². The van der Waals surface area contributed by atoms with Crippen molar-refractivity contribution in [2.24, 2.45) is 0 Å². The Bertz CT molecular complexity index is 1130. The first-order valence-corrected chi connectivity index (χ1v) is 13.0. The van der Waals surface area contributed by atoms with Gasteiger partial charge in [-0.3, -0.25) is 14.6 Å². The number of carbonyl (C=O) groups excluding carboxylic acids is 1. The van der Waals surface area contributed by atoms with Gasteiger partial charge in [0.1, 0.15) is 5.75 Å². The summed E-state index contributed by atoms with van der Waals surface area (Å²) in [5.41, 5.74) is 5.38. The molecule has 37 heavy (non-hydrogen) atoms. The molecule has 196 valence electrons. The third-order valence-corrected chi connectivity index (χ3v) is 6.24. The largest absolute Gasteiger partial charge is 0.494 e. The highest BCUT2D eigenvalue weighted by molar-refractivity contribution is 5.94. The number of hydrogen-bond acceptors (Lipinski definition) is 4. The molecule has 0 spiro atoms. The van der Waals surface area contributed by atoms with Crippen LogP contribution in [0.25, 0.3) is 11.3 Å². The summed E-state index contributed by atoms with van der Waals surface area (Å²) in [7, 11) is 0. The van der Waals surface area contributed by atoms with Crippen molar-refractivity contribution in [3.63, 3.8) is 0 Å². The number of aliphatic carboxylic acids is 1. The van der Waals surface area contributed by atoms with E-state index in [4.69, 9.17) is 9.84 Å². The number of ether oxygens (including phenoxy) is 1. The fraction of sp³-hybridized carbons (Fsp3) is 0.387. The molecule has 0 bridgehead atoms. The fourth-order valence-electron chi connectivity index (χ4n) is 3.95. The second kappa shape index (κ2) is 13.6. The molecule has 1 heterocycles. The van der Waals surface area contributed by atoms with Crippen molar-refractivity contribution in [3.8, 4) is 17.0 Å². The SMILES string of the molecule is CC(C)(C)c1ccc(-c2ccc(CCCCCCOc3ccc(C(=O)NCCC(=O)O)cc3)cn2)cc1. The van der Waals surface area contributed by atoms with E-state index in [1.807, 2.05) is 6.20 Å². The lowest BCUT2D eigenvalue weighted by molar-refractivity contribution is -0.136. The molecule has 2 N–H and O–H groups in total. The summed E-state index contributed by atoms with van der Waals surface area (Å²) in [6.45, 7) is 7.41. The number of carboxylic acid groups (broad SMARTS) is 1. The summed E-state index contributed by atoms with van der Waals surface area (Å²) >= 11 is 0. The number of benzene rings is 2. The monoisotopic (exact) mass is 502 g/mol. The Morgan fingerprint density at radius 3 is 2.22 bits per heavy atom. The highest BCUT2D eigenvalue weighted by atomic mass is 16.5. The van der Waals surface area contributed by atoms with Crippen LogP contribution in [0.2, 0.25) is 0 Å². The zero-order chi connectivity index (χ0) is 26.7. The summed E-state index contributed by atoms with van der Waals surface area (Å²) in [6, 6.07) is 19.9. The van der Waals surface area contributed by atoms with Gasteiger partial charge in [-0.1, -0.05) is 63.9 Å². The molecular formula is C31H38N2O4. The van der Waals surface area contributed by atoms with Crippen LogP contribution in [-0.2, 0) is 16.6 Å². The van der Waals surface area contributed by atoms with Gasteiger partial charge in [0.25, 0.3) is 5.91 Å². The highest BCUT2D eigenvalue weighted by Gasteiger charge is 2.13. The van der Waals surface area contributed by atoms with Crippen molar-refractivity contribution in [1.82, 2.24) is 10.3 Å². The number of aromatic nitrogens is 1. The van der Waals surface area contributed by atoms with Gasteiger partial charge in [-0.2, -0.15) is 0 Å². The first-order valence-electron chi connectivity index (χ1n) is 13.0. The molecule has 6 nitrogen and oxygen atoms in total. The van der Waals surface area contributed by atoms with Gasteiger partial charge in [0, 0.05) is 23.9 Å². The number of rotatable bonds is 13. The smallest absolute Gasteiger partial charge is 0.305 e. The average molecular weight is 503 g/mol. The second-order valence-electron chi connectivity index (χ2n) is 10.3. The molecule has 3 aromatic rings. The number of pyridine rings is 1. The minimum Gasteiger partial charge on any atom is -0.494 e. The molecule has 6 heteroatoms. The predicted octanol–water partition coefficient (Wildman–Crippen LogP) is 6.43. The van der Waals surface area contributed by atoms with Gasteiger partial charge in [-0.05, 0) is 66.1 Å². The third-order valence-electron chi connectivity index (χ3n) is 6.24. The lowest BCUT2D eigenvalue weighted by Crippen LogP contribution is -2.25. The van der Waals surface area contributed by atoms with E-state index in [1.54, 1.807) is 24.3 Å². The number of carboxylic acids is 1. The molecule has 2 aromatic carbocycles. The maximum absolute atomic E-state index is 12.0. The lowest BCUT2D eigenvalue weighted by Gasteiger charge is -2.19. The Balaban J connectivity index is 1.30. The molecular weight excluding hydrogens is 464 g/mol. The highest BCUT2D eigenvalue weighted by Crippen LogP contribution is 2.25. The summed E-state index contributed by atoms with van der Waals surface area (Å²) in [5.74, 6) is -0.498. The molecule has 3 rings (SSSR count). The van der Waals surface area contributed by atoms with Crippen LogP contribution in [0.1, 0.15) is 74.4 Å². The van der Waals surface area contributed by atoms with Crippen molar-refractivity contribution in [2.45, 2.75) is 64.7 Å². The Labute approximate surface area is 220 Å². The van der Waals surface area contributed by atoms with Crippen molar-refractivity contribution >= 4 is 11.9 Å². The molecule has 0 fully saturated rings. The Hall–Kier alpha value is -3.67. The summed E-state index contributed by atoms with van der Waals surface area (Å²) in [6.07, 6.45) is 7.24. The molecule has 0 atom stereocenters. The first-order chi connectivity index (χ1) is 17.7. The van der Waals surface area contributed by atoms with Gasteiger partial charge in [-0.25, -0.2) is 0 Å². The minimum absolute atomic E-state index is 0.0942. The zero-order valence-corrected chi connectivity index (χ0v) is 22.1. The zero-order valence-electron chi connectivity index (χ0n) is 22.1. The van der Waals surface area contributed by atoms with Crippen LogP contribution in [0.15, 0.2) is 66.9 Å². The maximum Gasteiger partial charge on any atom is 0.305 e. The lowest BCUT2D eigenvalue weighted by atomic mass is 9.86. The summed E-state index contributed by atoms with van der Waals surface area (Å²) in [5, 5.41) is 11.2. The first kappa shape index (κ1) is 27.9. The number of amides is 1. The molecule has 0 saturated heterocycles. The number of nitrogens with zero attached hydrogens (tertiary/aromatic N) is 1. The van der Waals surface area contributed by atoms with E-state index in [0.717, 1.165) is 49.1 Å². The molecule has 0 radical (unpaired) electrons. The number of hydrogen-bond donors (Lipinski definition) is 2. The maximum atomic E-state index is 12.0. The van der Waals surface area contributed by atoms with Crippen molar-refractivity contribution in [2.75, 3.05) is 13.2 Å². The van der Waals surface area contributed by atoms with Crippen molar-refractivity contribution < 1.29 is 19.4 Å². The number of unbranched alkanes of at least 4 members (excludes halogenated alkanes) is 3. The van der Waals surface area contributed by atoms with Gasteiger partial charge in [-0.15, -0.1) is 0 Å². The van der Waals surface area contributed by atoms with Gasteiger partial charge in [0.15, 0.2) is 0 Å². The van der Waals surface area contributed by atoms with Gasteiger partial charge >= 0.3 is 5.97 Å². The quantitative estimate of drug-likeness (QED) is 0.263. The van der Waals surface area contributed by atoms with Gasteiger partial charge in [0.05, 0.1) is 18.7 Å². The van der Waals surface area contributed by atoms with Crippen molar-refractivity contribution in [1.29, 1.82) is 0 Å². The minimum atomic E-state index is -0.937. The molecule has 0 aliphatic carbocycles. The van der Waals surface area contributed by atoms with E-state index in [1.165, 1.54) is 11.1 Å². The third kappa shape index (κ3) is 9.37. The van der Waals surface area contributed by atoms with Crippen LogP contribution in [-0.4, -0.2) is 35.1 Å². The van der Waals surface area contributed by atoms with Crippen LogP contribution in [0.5, 0.6) is 5.75 Å². The summed E-state index contributed by atoms with van der Waals surface area (Å²) in [4.78, 5) is 27.2. The van der Waals surface area contributed by atoms with Gasteiger partial charge < -0.3 is 15.2 Å². The molecule has 0 aliphatic heterocycles. The van der Waals surface area contributed by atoms with Crippen LogP contribution < -0.4 is 10.1 Å². The van der Waals surface area contributed by atoms with E-state index in [2.05, 4.69) is 67.5 Å². The summed E-state index contributed by atoms with van der Waals surface area (Å²) < 4.78 is 5.78. The van der Waals surface area contributed by atoms with E-state index < -0.39 is 5.97 Å². The molecule has 1 amide bonds. The van der Waals surface area contributed by atoms with Gasteiger partial charge in [0.2, 0.25) is 0 Å². The average Bonchev–Trinajstić information content (AvgIpc) is 2.88. The molecule has 0 aliphatic rings. The van der Waals surface area contributed by atoms with Crippen LogP contribution in [0.4, 0.5) is 0 Å². The van der Waals surface area contributed by atoms with Crippen LogP contribution >= 0.6 is 0 Å². The molecule has 0 unspecified atom stereocenters. The predicted molar refractivity (Wildman–Crippen MR) is 147 cm³/mol. The second-order valence-corrected chi connectivity index (χ2v) is 10.3. The Kier molecular flexibility index (Phi) is 10.2. The topological polar surface area (TPSA) is 88.5 Å². The van der Waals surface area contributed by atoms with E-state index in [9.17, 15) is 9.59 Å². The molecule has 1 aromatic heterocycles. The van der Waals surface area contributed by atoms with E-state index in [0.29, 0.717) is 12.2 Å². The number of nitrogens with one attached hydrogen (secondary N) is 1. The van der Waals surface area contributed by atoms with Crippen molar-refractivity contribution in [3.05, 3.63) is 83.6 Å². The number of carbonyl (C=O) groups is 2. The number of aryl methyl sites for hydroxylation is 1. The van der Waals surface area contributed by atoms with Crippen LogP contribution in [0, 0.1) is 0 Å². The molecule has 0 saturated carbocycles. The van der Waals surface area contributed by atoms with Crippen LogP contribution in [0.3, 0.4) is 0 Å². The Morgan fingerprint density at radius 1 is 0.892 bits per heavy atom. The standard InChI is InChI=1S/C31H38N2O4/c1-31(2,3)26-14-10-24(11-15-26)28-18-9-23(22-33-28)8-6-4-5-7-21-37-27-16-12-25(13-17-27)30(36)32-20-19-29(34)35/h9-18,22H,4-8,19-21H2,1-3H3,(H,32,36)(H,34,35). The normalized spacial score (nSPS) is 11.2. The Morgan fingerprint density at radius 2 is 1.59 bits per heavy atom. The van der Waals surface area contributed by atoms with E-state index >= 15 is 0 Å². The fourth-order valence-corrected chi connectivity index (χ4v) is 3.95.